The van der Waals surface area contributed by atoms with Crippen molar-refractivity contribution < 1.29 is 18.0 Å². The van der Waals surface area contributed by atoms with Gasteiger partial charge >= 0.3 is 6.18 Å². The first-order chi connectivity index (χ1) is 7.33. The van der Waals surface area contributed by atoms with Crippen LogP contribution in [-0.4, -0.2) is 26.1 Å². The van der Waals surface area contributed by atoms with Crippen molar-refractivity contribution in [1.29, 1.82) is 0 Å². The van der Waals surface area contributed by atoms with Gasteiger partial charge in [0.05, 0.1) is 5.02 Å². The van der Waals surface area contributed by atoms with Crippen LogP contribution in [0.1, 0.15) is 10.4 Å². The molecule has 0 unspecified atom stereocenters. The van der Waals surface area contributed by atoms with Gasteiger partial charge in [0.15, 0.2) is 6.29 Å². The number of hydrogen-bond acceptors (Lipinski definition) is 2. The van der Waals surface area contributed by atoms with Gasteiger partial charge in [-0.15, -0.1) is 0 Å². The Morgan fingerprint density at radius 3 is 2.50 bits per heavy atom. The molecule has 16 heavy (non-hydrogen) atoms. The number of hydrogen-bond donors (Lipinski definition) is 0. The fraction of sp³-hybridized carbons (Fsp3) is 0.300. The number of halogens is 4. The first-order valence-corrected chi connectivity index (χ1v) is 4.74. The van der Waals surface area contributed by atoms with Crippen molar-refractivity contribution in [1.82, 2.24) is 0 Å². The third-order valence-electron chi connectivity index (χ3n) is 1.97. The minimum atomic E-state index is -4.27. The van der Waals surface area contributed by atoms with Gasteiger partial charge in [0, 0.05) is 18.3 Å². The molecule has 88 valence electrons. The lowest BCUT2D eigenvalue weighted by Gasteiger charge is -2.21. The van der Waals surface area contributed by atoms with Crippen LogP contribution in [0.25, 0.3) is 0 Å². The number of nitrogens with zero attached hydrogens (tertiary/aromatic N) is 1. The summed E-state index contributed by atoms with van der Waals surface area (Å²) in [7, 11) is 1.31. The van der Waals surface area contributed by atoms with Gasteiger partial charge in [-0.1, -0.05) is 11.6 Å². The monoisotopic (exact) mass is 251 g/mol. The summed E-state index contributed by atoms with van der Waals surface area (Å²) in [4.78, 5) is 11.5. The van der Waals surface area contributed by atoms with Crippen molar-refractivity contribution in [2.45, 2.75) is 6.18 Å². The Kier molecular flexibility index (Phi) is 3.80. The molecule has 0 N–H and O–H groups in total. The highest BCUT2D eigenvalue weighted by molar-refractivity contribution is 6.33. The number of rotatable bonds is 3. The smallest absolute Gasteiger partial charge is 0.366 e. The number of carbonyl (C=O) groups excluding carboxylic acids is 1. The van der Waals surface area contributed by atoms with E-state index < -0.39 is 12.7 Å². The molecule has 0 spiro atoms. The van der Waals surface area contributed by atoms with E-state index in [1.165, 1.54) is 25.2 Å². The first kappa shape index (κ1) is 12.8. The van der Waals surface area contributed by atoms with Gasteiger partial charge in [-0.2, -0.15) is 13.2 Å². The molecule has 0 aromatic heterocycles. The Labute approximate surface area is 95.6 Å². The average molecular weight is 252 g/mol. The number of anilines is 1. The topological polar surface area (TPSA) is 20.3 Å². The van der Waals surface area contributed by atoms with Crippen LogP contribution in [0.4, 0.5) is 18.9 Å². The van der Waals surface area contributed by atoms with Crippen molar-refractivity contribution >= 4 is 23.6 Å². The zero-order valence-electron chi connectivity index (χ0n) is 8.38. The maximum atomic E-state index is 12.1. The van der Waals surface area contributed by atoms with E-state index >= 15 is 0 Å². The summed E-state index contributed by atoms with van der Waals surface area (Å²) in [6.45, 7) is -1.07. The van der Waals surface area contributed by atoms with Crippen LogP contribution in [0.15, 0.2) is 18.2 Å². The highest BCUT2D eigenvalue weighted by atomic mass is 35.5. The lowest BCUT2D eigenvalue weighted by atomic mass is 10.2. The van der Waals surface area contributed by atoms with Crippen molar-refractivity contribution in [3.63, 3.8) is 0 Å². The van der Waals surface area contributed by atoms with Crippen LogP contribution in [0.3, 0.4) is 0 Å². The molecule has 0 bridgehead atoms. The van der Waals surface area contributed by atoms with Crippen LogP contribution < -0.4 is 4.90 Å². The van der Waals surface area contributed by atoms with Crippen LogP contribution in [-0.2, 0) is 0 Å². The number of carbonyl (C=O) groups is 1. The largest absolute Gasteiger partial charge is 0.405 e. The Morgan fingerprint density at radius 2 is 2.06 bits per heavy atom. The SMILES string of the molecule is CN(CC(F)(F)F)c1ccc(C=O)c(Cl)c1. The van der Waals surface area contributed by atoms with Gasteiger partial charge in [0.25, 0.3) is 0 Å². The Balaban J connectivity index is 2.89. The minimum absolute atomic E-state index is 0.140. The Bertz CT molecular complexity index is 392. The van der Waals surface area contributed by atoms with Gasteiger partial charge in [-0.25, -0.2) is 0 Å². The molecule has 0 heterocycles. The zero-order chi connectivity index (χ0) is 12.3. The molecule has 0 aliphatic heterocycles. The third kappa shape index (κ3) is 3.41. The molecule has 2 nitrogen and oxygen atoms in total. The van der Waals surface area contributed by atoms with Crippen LogP contribution in [0, 0.1) is 0 Å². The molecule has 1 aromatic carbocycles. The number of benzene rings is 1. The fourth-order valence-electron chi connectivity index (χ4n) is 1.21. The van der Waals surface area contributed by atoms with E-state index in [2.05, 4.69) is 0 Å². The molecular formula is C10H9ClF3NO. The summed E-state index contributed by atoms with van der Waals surface area (Å²) >= 11 is 5.71. The molecule has 0 radical (unpaired) electrons. The third-order valence-corrected chi connectivity index (χ3v) is 2.30. The summed E-state index contributed by atoms with van der Waals surface area (Å²) < 4.78 is 36.3. The second-order valence-corrected chi connectivity index (χ2v) is 3.70. The zero-order valence-corrected chi connectivity index (χ0v) is 9.14. The van der Waals surface area contributed by atoms with E-state index in [1.807, 2.05) is 0 Å². The lowest BCUT2D eigenvalue weighted by Crippen LogP contribution is -2.30. The normalized spacial score (nSPS) is 11.3. The van der Waals surface area contributed by atoms with Gasteiger partial charge in [-0.05, 0) is 18.2 Å². The molecule has 0 saturated heterocycles. The molecule has 0 amide bonds. The predicted molar refractivity (Wildman–Crippen MR) is 56.2 cm³/mol. The van der Waals surface area contributed by atoms with Crippen molar-refractivity contribution in [2.75, 3.05) is 18.5 Å². The van der Waals surface area contributed by atoms with E-state index in [4.69, 9.17) is 11.6 Å². The van der Waals surface area contributed by atoms with Crippen molar-refractivity contribution in [3.8, 4) is 0 Å². The summed E-state index contributed by atoms with van der Waals surface area (Å²) in [5.41, 5.74) is 0.568. The molecular weight excluding hydrogens is 243 g/mol. The predicted octanol–water partition coefficient (Wildman–Crippen LogP) is 3.15. The standard InChI is InChI=1S/C10H9ClF3NO/c1-15(6-10(12,13)14)8-3-2-7(5-16)9(11)4-8/h2-5H,6H2,1H3. The number of aldehydes is 1. The molecule has 0 atom stereocenters. The second kappa shape index (κ2) is 4.74. The van der Waals surface area contributed by atoms with E-state index in [9.17, 15) is 18.0 Å². The molecule has 0 aliphatic carbocycles. The van der Waals surface area contributed by atoms with E-state index in [0.29, 0.717) is 12.0 Å². The highest BCUT2D eigenvalue weighted by Gasteiger charge is 2.29. The summed E-state index contributed by atoms with van der Waals surface area (Å²) in [5, 5.41) is 0.140. The van der Waals surface area contributed by atoms with Crippen molar-refractivity contribution in [3.05, 3.63) is 28.8 Å². The van der Waals surface area contributed by atoms with Gasteiger partial charge in [0.1, 0.15) is 6.54 Å². The summed E-state index contributed by atoms with van der Waals surface area (Å²) in [6.07, 6.45) is -3.72. The Hall–Kier alpha value is -1.23. The number of alkyl halides is 3. The molecule has 0 aliphatic rings. The minimum Gasteiger partial charge on any atom is -0.366 e. The maximum Gasteiger partial charge on any atom is 0.405 e. The van der Waals surface area contributed by atoms with Gasteiger partial charge in [-0.3, -0.25) is 4.79 Å². The van der Waals surface area contributed by atoms with E-state index in [0.717, 1.165) is 4.90 Å². The van der Waals surface area contributed by atoms with Crippen LogP contribution in [0.5, 0.6) is 0 Å². The first-order valence-electron chi connectivity index (χ1n) is 4.36. The molecule has 1 aromatic rings. The molecule has 6 heteroatoms. The Morgan fingerprint density at radius 1 is 1.44 bits per heavy atom. The fourth-order valence-corrected chi connectivity index (χ4v) is 1.43. The summed E-state index contributed by atoms with van der Waals surface area (Å²) in [6, 6.07) is 4.13. The summed E-state index contributed by atoms with van der Waals surface area (Å²) in [5.74, 6) is 0. The average Bonchev–Trinajstić information content (AvgIpc) is 2.15. The van der Waals surface area contributed by atoms with Gasteiger partial charge < -0.3 is 4.90 Å². The van der Waals surface area contributed by atoms with Gasteiger partial charge in [0.2, 0.25) is 0 Å². The van der Waals surface area contributed by atoms with E-state index in [-0.39, 0.29) is 10.6 Å². The highest BCUT2D eigenvalue weighted by Crippen LogP contribution is 2.25. The molecule has 1 rings (SSSR count). The molecule has 0 saturated carbocycles. The van der Waals surface area contributed by atoms with Crippen molar-refractivity contribution in [2.24, 2.45) is 0 Å². The van der Waals surface area contributed by atoms with Crippen LogP contribution in [0.2, 0.25) is 5.02 Å². The maximum absolute atomic E-state index is 12.1. The molecule has 0 fully saturated rings. The second-order valence-electron chi connectivity index (χ2n) is 3.29. The van der Waals surface area contributed by atoms with E-state index in [1.54, 1.807) is 0 Å². The van der Waals surface area contributed by atoms with Crippen LogP contribution >= 0.6 is 11.6 Å². The lowest BCUT2D eigenvalue weighted by molar-refractivity contribution is -0.119. The quantitative estimate of drug-likeness (QED) is 0.769.